The summed E-state index contributed by atoms with van der Waals surface area (Å²) in [5.41, 5.74) is 0. The second-order valence-corrected chi connectivity index (χ2v) is 3.87. The molecule has 8 heteroatoms. The third-order valence-electron chi connectivity index (χ3n) is 2.75. The van der Waals surface area contributed by atoms with Gasteiger partial charge in [0, 0.05) is 13.1 Å². The number of hydrogen-bond donors (Lipinski definition) is 2. The van der Waals surface area contributed by atoms with Crippen LogP contribution >= 0.6 is 0 Å². The van der Waals surface area contributed by atoms with Gasteiger partial charge in [0.1, 0.15) is 0 Å². The predicted molar refractivity (Wildman–Crippen MR) is 50.4 cm³/mol. The van der Waals surface area contributed by atoms with Gasteiger partial charge in [-0.05, 0) is 11.1 Å². The van der Waals surface area contributed by atoms with Gasteiger partial charge >= 0.3 is 5.97 Å². The molecule has 2 unspecified atom stereocenters. The SMILES string of the molecule is CC1CN(C(=O)c2nn[nH]n2)CC1C(=O)O. The highest BCUT2D eigenvalue weighted by Crippen LogP contribution is 2.23. The topological polar surface area (TPSA) is 112 Å². The first-order valence-electron chi connectivity index (χ1n) is 4.85. The molecule has 1 fully saturated rings. The molecule has 0 aliphatic carbocycles. The number of carbonyl (C=O) groups excluding carboxylic acids is 1. The Kier molecular flexibility index (Phi) is 2.55. The van der Waals surface area contributed by atoms with Gasteiger partial charge in [0.2, 0.25) is 0 Å². The van der Waals surface area contributed by atoms with Gasteiger partial charge in [-0.15, -0.1) is 10.2 Å². The van der Waals surface area contributed by atoms with E-state index >= 15 is 0 Å². The highest BCUT2D eigenvalue weighted by atomic mass is 16.4. The number of aromatic nitrogens is 4. The molecule has 1 amide bonds. The summed E-state index contributed by atoms with van der Waals surface area (Å²) in [4.78, 5) is 24.1. The maximum Gasteiger partial charge on any atom is 0.308 e. The minimum atomic E-state index is -0.879. The lowest BCUT2D eigenvalue weighted by Crippen LogP contribution is -2.30. The number of rotatable bonds is 2. The number of tetrazole rings is 1. The standard InChI is InChI=1S/C8H11N5O3/c1-4-2-13(3-5(4)8(15)16)7(14)6-9-11-12-10-6/h4-5H,2-3H2,1H3,(H,15,16)(H,9,10,11,12). The molecule has 2 rings (SSSR count). The molecule has 0 aromatic carbocycles. The van der Waals surface area contributed by atoms with Crippen LogP contribution in [0.3, 0.4) is 0 Å². The number of carbonyl (C=O) groups is 2. The monoisotopic (exact) mass is 225 g/mol. The fourth-order valence-corrected chi connectivity index (χ4v) is 1.85. The maximum absolute atomic E-state index is 11.8. The molecule has 2 atom stereocenters. The van der Waals surface area contributed by atoms with Gasteiger partial charge in [-0.25, -0.2) is 0 Å². The summed E-state index contributed by atoms with van der Waals surface area (Å²) in [6, 6.07) is 0. The first-order valence-corrected chi connectivity index (χ1v) is 4.85. The van der Waals surface area contributed by atoms with E-state index < -0.39 is 11.9 Å². The van der Waals surface area contributed by atoms with E-state index in [0.717, 1.165) is 0 Å². The van der Waals surface area contributed by atoms with Crippen LogP contribution in [0.4, 0.5) is 0 Å². The van der Waals surface area contributed by atoms with Gasteiger partial charge in [-0.1, -0.05) is 6.92 Å². The normalized spacial score (nSPS) is 24.7. The molecule has 1 saturated heterocycles. The Morgan fingerprint density at radius 1 is 1.50 bits per heavy atom. The van der Waals surface area contributed by atoms with Crippen LogP contribution < -0.4 is 0 Å². The van der Waals surface area contributed by atoms with E-state index in [1.165, 1.54) is 4.90 Å². The van der Waals surface area contributed by atoms with Crippen LogP contribution in [-0.4, -0.2) is 55.6 Å². The van der Waals surface area contributed by atoms with Crippen molar-refractivity contribution in [3.05, 3.63) is 5.82 Å². The van der Waals surface area contributed by atoms with Gasteiger partial charge < -0.3 is 10.0 Å². The Bertz CT molecular complexity index is 404. The van der Waals surface area contributed by atoms with Crippen molar-refractivity contribution in [1.29, 1.82) is 0 Å². The lowest BCUT2D eigenvalue weighted by molar-refractivity contribution is -0.142. The molecule has 1 aromatic rings. The Morgan fingerprint density at radius 2 is 2.25 bits per heavy atom. The van der Waals surface area contributed by atoms with E-state index in [0.29, 0.717) is 6.54 Å². The van der Waals surface area contributed by atoms with Crippen molar-refractivity contribution in [1.82, 2.24) is 25.5 Å². The van der Waals surface area contributed by atoms with Crippen molar-refractivity contribution in [2.24, 2.45) is 11.8 Å². The van der Waals surface area contributed by atoms with E-state index in [2.05, 4.69) is 20.6 Å². The van der Waals surface area contributed by atoms with E-state index in [-0.39, 0.29) is 24.2 Å². The summed E-state index contributed by atoms with van der Waals surface area (Å²) in [7, 11) is 0. The van der Waals surface area contributed by atoms with Crippen LogP contribution in [0.1, 0.15) is 17.5 Å². The molecule has 0 radical (unpaired) electrons. The highest BCUT2D eigenvalue weighted by Gasteiger charge is 2.38. The number of amides is 1. The molecular weight excluding hydrogens is 214 g/mol. The smallest absolute Gasteiger partial charge is 0.308 e. The summed E-state index contributed by atoms with van der Waals surface area (Å²) in [5, 5.41) is 21.5. The molecule has 1 aliphatic rings. The van der Waals surface area contributed by atoms with Crippen molar-refractivity contribution in [3.63, 3.8) is 0 Å². The average Bonchev–Trinajstić information content (AvgIpc) is 2.84. The second kappa shape index (κ2) is 3.87. The first-order chi connectivity index (χ1) is 7.59. The number of aromatic amines is 1. The Labute approximate surface area is 90.6 Å². The second-order valence-electron chi connectivity index (χ2n) is 3.87. The third kappa shape index (κ3) is 1.73. The van der Waals surface area contributed by atoms with Crippen LogP contribution in [0.5, 0.6) is 0 Å². The number of H-pyrrole nitrogens is 1. The molecule has 86 valence electrons. The van der Waals surface area contributed by atoms with Crippen molar-refractivity contribution < 1.29 is 14.7 Å². The van der Waals surface area contributed by atoms with Crippen molar-refractivity contribution in [2.75, 3.05) is 13.1 Å². The number of aliphatic carboxylic acids is 1. The van der Waals surface area contributed by atoms with Gasteiger partial charge in [0.15, 0.2) is 0 Å². The number of nitrogens with one attached hydrogen (secondary N) is 1. The largest absolute Gasteiger partial charge is 0.481 e. The summed E-state index contributed by atoms with van der Waals surface area (Å²) in [5.74, 6) is -1.87. The number of likely N-dealkylation sites (tertiary alicyclic amines) is 1. The Hall–Kier alpha value is -1.99. The number of carboxylic acids is 1. The molecular formula is C8H11N5O3. The van der Waals surface area contributed by atoms with Crippen LogP contribution in [-0.2, 0) is 4.79 Å². The molecule has 0 bridgehead atoms. The molecule has 16 heavy (non-hydrogen) atoms. The zero-order chi connectivity index (χ0) is 11.7. The lowest BCUT2D eigenvalue weighted by Gasteiger charge is -2.12. The van der Waals surface area contributed by atoms with Gasteiger partial charge in [0.25, 0.3) is 11.7 Å². The summed E-state index contributed by atoms with van der Waals surface area (Å²) >= 11 is 0. The highest BCUT2D eigenvalue weighted by molar-refractivity contribution is 5.91. The fourth-order valence-electron chi connectivity index (χ4n) is 1.85. The van der Waals surface area contributed by atoms with E-state index in [1.807, 2.05) is 6.92 Å². The zero-order valence-electron chi connectivity index (χ0n) is 8.62. The Morgan fingerprint density at radius 3 is 2.75 bits per heavy atom. The third-order valence-corrected chi connectivity index (χ3v) is 2.75. The lowest BCUT2D eigenvalue weighted by atomic mass is 9.99. The quantitative estimate of drug-likeness (QED) is 0.667. The minimum absolute atomic E-state index is 0.0294. The minimum Gasteiger partial charge on any atom is -0.481 e. The van der Waals surface area contributed by atoms with Crippen molar-refractivity contribution >= 4 is 11.9 Å². The number of hydrogen-bond acceptors (Lipinski definition) is 5. The molecule has 8 nitrogen and oxygen atoms in total. The summed E-state index contributed by atoms with van der Waals surface area (Å²) < 4.78 is 0. The van der Waals surface area contributed by atoms with Crippen LogP contribution in [0, 0.1) is 11.8 Å². The number of nitrogens with zero attached hydrogens (tertiary/aromatic N) is 4. The molecule has 1 aromatic heterocycles. The molecule has 0 saturated carbocycles. The fraction of sp³-hybridized carbons (Fsp3) is 0.625. The van der Waals surface area contributed by atoms with E-state index in [1.54, 1.807) is 0 Å². The van der Waals surface area contributed by atoms with Crippen LogP contribution in [0.2, 0.25) is 0 Å². The summed E-state index contributed by atoms with van der Waals surface area (Å²) in [6.45, 7) is 2.41. The maximum atomic E-state index is 11.8. The molecule has 1 aliphatic heterocycles. The van der Waals surface area contributed by atoms with E-state index in [4.69, 9.17) is 5.11 Å². The van der Waals surface area contributed by atoms with Gasteiger partial charge in [-0.3, -0.25) is 9.59 Å². The summed E-state index contributed by atoms with van der Waals surface area (Å²) in [6.07, 6.45) is 0. The zero-order valence-corrected chi connectivity index (χ0v) is 8.62. The van der Waals surface area contributed by atoms with Crippen LogP contribution in [0.15, 0.2) is 0 Å². The molecule has 2 heterocycles. The van der Waals surface area contributed by atoms with Crippen molar-refractivity contribution in [2.45, 2.75) is 6.92 Å². The Balaban J connectivity index is 2.09. The van der Waals surface area contributed by atoms with Crippen molar-refractivity contribution in [3.8, 4) is 0 Å². The van der Waals surface area contributed by atoms with Crippen LogP contribution in [0.25, 0.3) is 0 Å². The predicted octanol–water partition coefficient (Wildman–Crippen LogP) is -1.01. The van der Waals surface area contributed by atoms with Gasteiger partial charge in [0.05, 0.1) is 5.92 Å². The molecule has 0 spiro atoms. The molecule has 2 N–H and O–H groups in total. The number of carboxylic acid groups (broad SMARTS) is 1. The first kappa shape index (κ1) is 10.5. The van der Waals surface area contributed by atoms with Gasteiger partial charge in [-0.2, -0.15) is 5.21 Å². The van der Waals surface area contributed by atoms with E-state index in [9.17, 15) is 9.59 Å². The average molecular weight is 225 g/mol.